The van der Waals surface area contributed by atoms with E-state index in [-0.39, 0.29) is 16.7 Å². The first-order chi connectivity index (χ1) is 11.5. The Morgan fingerprint density at radius 3 is 2.71 bits per heavy atom. The number of rotatable bonds is 7. The maximum Gasteiger partial charge on any atom is 0.251 e. The molecule has 3 rings (SSSR count). The van der Waals surface area contributed by atoms with Gasteiger partial charge >= 0.3 is 0 Å². The van der Waals surface area contributed by atoms with Crippen molar-refractivity contribution in [1.29, 1.82) is 0 Å². The normalized spacial score (nSPS) is 24.0. The standard InChI is InChI=1S/C16H23N3O4S/c20-15-10-17-8-13(15)9-18-16(21)12-2-1-3-14(6-12)24(22,23)19-7-11-4-5-11/h1-3,6,11,13,15,17,19-20H,4-5,7-10H2,(H,18,21). The zero-order valence-corrected chi connectivity index (χ0v) is 14.2. The number of aliphatic hydroxyl groups excluding tert-OH is 1. The molecule has 0 aromatic heterocycles. The fraction of sp³-hybridized carbons (Fsp3) is 0.562. The van der Waals surface area contributed by atoms with Gasteiger partial charge in [-0.15, -0.1) is 0 Å². The molecule has 1 saturated carbocycles. The van der Waals surface area contributed by atoms with Gasteiger partial charge in [-0.05, 0) is 37.0 Å². The lowest BCUT2D eigenvalue weighted by atomic mass is 10.1. The minimum Gasteiger partial charge on any atom is -0.391 e. The van der Waals surface area contributed by atoms with Crippen LogP contribution in [0.15, 0.2) is 29.2 Å². The van der Waals surface area contributed by atoms with Crippen molar-refractivity contribution in [2.24, 2.45) is 11.8 Å². The topological polar surface area (TPSA) is 108 Å². The quantitative estimate of drug-likeness (QED) is 0.538. The molecular formula is C16H23N3O4S. The van der Waals surface area contributed by atoms with Gasteiger partial charge in [0.25, 0.3) is 5.91 Å². The first-order valence-corrected chi connectivity index (χ1v) is 9.71. The molecule has 2 fully saturated rings. The lowest BCUT2D eigenvalue weighted by molar-refractivity contribution is 0.0927. The van der Waals surface area contributed by atoms with Crippen molar-refractivity contribution < 1.29 is 18.3 Å². The highest BCUT2D eigenvalue weighted by molar-refractivity contribution is 7.89. The molecule has 0 spiro atoms. The number of carbonyl (C=O) groups is 1. The maximum absolute atomic E-state index is 12.3. The van der Waals surface area contributed by atoms with E-state index in [9.17, 15) is 18.3 Å². The van der Waals surface area contributed by atoms with Gasteiger partial charge in [0.05, 0.1) is 11.0 Å². The second kappa shape index (κ2) is 7.18. The summed E-state index contributed by atoms with van der Waals surface area (Å²) >= 11 is 0. The van der Waals surface area contributed by atoms with E-state index in [1.165, 1.54) is 12.1 Å². The molecular weight excluding hydrogens is 330 g/mol. The van der Waals surface area contributed by atoms with E-state index in [1.807, 2.05) is 0 Å². The third-order valence-corrected chi connectivity index (χ3v) is 5.92. The summed E-state index contributed by atoms with van der Waals surface area (Å²) in [6.45, 7) is 1.98. The number of carbonyl (C=O) groups excluding carboxylic acids is 1. The third-order valence-electron chi connectivity index (χ3n) is 4.49. The van der Waals surface area contributed by atoms with Crippen molar-refractivity contribution in [2.45, 2.75) is 23.8 Å². The van der Waals surface area contributed by atoms with E-state index in [0.29, 0.717) is 37.7 Å². The summed E-state index contributed by atoms with van der Waals surface area (Å²) < 4.78 is 27.1. The molecule has 0 radical (unpaired) electrons. The van der Waals surface area contributed by atoms with E-state index in [2.05, 4.69) is 15.4 Å². The predicted octanol–water partition coefficient (Wildman–Crippen LogP) is -0.315. The monoisotopic (exact) mass is 353 g/mol. The predicted molar refractivity (Wildman–Crippen MR) is 89.1 cm³/mol. The fourth-order valence-corrected chi connectivity index (χ4v) is 3.85. The van der Waals surface area contributed by atoms with Crippen LogP contribution in [0.5, 0.6) is 0 Å². The summed E-state index contributed by atoms with van der Waals surface area (Å²) in [6, 6.07) is 6.01. The average molecular weight is 353 g/mol. The number of aliphatic hydroxyl groups is 1. The Kier molecular flexibility index (Phi) is 5.19. The lowest BCUT2D eigenvalue weighted by Crippen LogP contribution is -2.34. The number of benzene rings is 1. The van der Waals surface area contributed by atoms with Crippen LogP contribution in [0.2, 0.25) is 0 Å². The van der Waals surface area contributed by atoms with Crippen LogP contribution in [-0.2, 0) is 10.0 Å². The van der Waals surface area contributed by atoms with Crippen molar-refractivity contribution in [1.82, 2.24) is 15.4 Å². The highest BCUT2D eigenvalue weighted by Crippen LogP contribution is 2.28. The van der Waals surface area contributed by atoms with E-state index < -0.39 is 16.1 Å². The number of amides is 1. The van der Waals surface area contributed by atoms with Gasteiger partial charge in [0, 0.05) is 37.7 Å². The molecule has 1 aliphatic heterocycles. The molecule has 1 amide bonds. The Labute approximate surface area is 141 Å². The summed E-state index contributed by atoms with van der Waals surface area (Å²) in [5, 5.41) is 15.5. The first-order valence-electron chi connectivity index (χ1n) is 8.22. The number of β-amino-alcohol motifs (C(OH)–C–C–N with tert-alkyl or cyclic N) is 1. The Morgan fingerprint density at radius 2 is 2.04 bits per heavy atom. The van der Waals surface area contributed by atoms with Gasteiger partial charge in [-0.2, -0.15) is 0 Å². The first kappa shape index (κ1) is 17.3. The molecule has 24 heavy (non-hydrogen) atoms. The van der Waals surface area contributed by atoms with Crippen molar-refractivity contribution in [3.05, 3.63) is 29.8 Å². The minimum atomic E-state index is -3.59. The Hall–Kier alpha value is -1.48. The summed E-state index contributed by atoms with van der Waals surface area (Å²) in [5.41, 5.74) is 0.296. The Balaban J connectivity index is 1.62. The largest absolute Gasteiger partial charge is 0.391 e. The lowest BCUT2D eigenvalue weighted by Gasteiger charge is -2.14. The van der Waals surface area contributed by atoms with Crippen LogP contribution in [0.3, 0.4) is 0 Å². The number of hydrogen-bond donors (Lipinski definition) is 4. The van der Waals surface area contributed by atoms with Gasteiger partial charge in [-0.25, -0.2) is 13.1 Å². The van der Waals surface area contributed by atoms with Crippen LogP contribution in [0.4, 0.5) is 0 Å². The van der Waals surface area contributed by atoms with Crippen LogP contribution in [0.1, 0.15) is 23.2 Å². The SMILES string of the molecule is O=C(NCC1CNCC1O)c1cccc(S(=O)(=O)NCC2CC2)c1. The van der Waals surface area contributed by atoms with Crippen LogP contribution in [0, 0.1) is 11.8 Å². The molecule has 1 heterocycles. The molecule has 2 atom stereocenters. The fourth-order valence-electron chi connectivity index (χ4n) is 2.69. The molecule has 2 unspecified atom stereocenters. The molecule has 4 N–H and O–H groups in total. The van der Waals surface area contributed by atoms with Gasteiger partial charge in [0.2, 0.25) is 10.0 Å². The molecule has 1 aromatic rings. The smallest absolute Gasteiger partial charge is 0.251 e. The average Bonchev–Trinajstić information content (AvgIpc) is 3.32. The number of nitrogens with one attached hydrogen (secondary N) is 3. The maximum atomic E-state index is 12.3. The summed E-state index contributed by atoms with van der Waals surface area (Å²) in [6.07, 6.45) is 1.66. The molecule has 8 heteroatoms. The van der Waals surface area contributed by atoms with Gasteiger partial charge < -0.3 is 15.7 Å². The molecule has 1 aliphatic carbocycles. The van der Waals surface area contributed by atoms with Crippen LogP contribution in [-0.4, -0.2) is 51.7 Å². The summed E-state index contributed by atoms with van der Waals surface area (Å²) in [7, 11) is -3.59. The molecule has 2 aliphatic rings. The van der Waals surface area contributed by atoms with E-state index in [1.54, 1.807) is 12.1 Å². The van der Waals surface area contributed by atoms with Crippen LogP contribution < -0.4 is 15.4 Å². The Morgan fingerprint density at radius 1 is 1.25 bits per heavy atom. The number of sulfonamides is 1. The highest BCUT2D eigenvalue weighted by atomic mass is 32.2. The molecule has 0 bridgehead atoms. The van der Waals surface area contributed by atoms with Gasteiger partial charge in [-0.3, -0.25) is 4.79 Å². The van der Waals surface area contributed by atoms with E-state index >= 15 is 0 Å². The number of hydrogen-bond acceptors (Lipinski definition) is 5. The van der Waals surface area contributed by atoms with Crippen molar-refractivity contribution in [3.8, 4) is 0 Å². The Bertz CT molecular complexity index is 703. The van der Waals surface area contributed by atoms with Crippen molar-refractivity contribution in [2.75, 3.05) is 26.2 Å². The van der Waals surface area contributed by atoms with E-state index in [0.717, 1.165) is 12.8 Å². The van der Waals surface area contributed by atoms with Crippen LogP contribution >= 0.6 is 0 Å². The molecule has 1 saturated heterocycles. The molecule has 7 nitrogen and oxygen atoms in total. The summed E-state index contributed by atoms with van der Waals surface area (Å²) in [4.78, 5) is 12.3. The van der Waals surface area contributed by atoms with Crippen molar-refractivity contribution in [3.63, 3.8) is 0 Å². The second-order valence-corrected chi connectivity index (χ2v) is 8.29. The van der Waals surface area contributed by atoms with Crippen molar-refractivity contribution >= 4 is 15.9 Å². The van der Waals surface area contributed by atoms with Gasteiger partial charge in [0.15, 0.2) is 0 Å². The zero-order chi connectivity index (χ0) is 17.2. The van der Waals surface area contributed by atoms with Gasteiger partial charge in [0.1, 0.15) is 0 Å². The molecule has 1 aromatic carbocycles. The van der Waals surface area contributed by atoms with E-state index in [4.69, 9.17) is 0 Å². The third kappa shape index (κ3) is 4.32. The zero-order valence-electron chi connectivity index (χ0n) is 13.4. The highest BCUT2D eigenvalue weighted by Gasteiger charge is 2.26. The minimum absolute atomic E-state index is 0.0268. The van der Waals surface area contributed by atoms with Gasteiger partial charge in [-0.1, -0.05) is 6.07 Å². The second-order valence-electron chi connectivity index (χ2n) is 6.52. The summed E-state index contributed by atoms with van der Waals surface area (Å²) in [5.74, 6) is 0.0760. The molecule has 132 valence electrons. The van der Waals surface area contributed by atoms with Crippen LogP contribution in [0.25, 0.3) is 0 Å².